The fraction of sp³-hybridized carbons (Fsp3) is 0.333. The van der Waals surface area contributed by atoms with Crippen molar-refractivity contribution in [3.05, 3.63) is 64.1 Å². The van der Waals surface area contributed by atoms with E-state index in [-0.39, 0.29) is 23.4 Å². The van der Waals surface area contributed by atoms with Gasteiger partial charge >= 0.3 is 6.09 Å². The number of anilines is 1. The number of rotatable bonds is 8. The molecule has 0 saturated heterocycles. The van der Waals surface area contributed by atoms with E-state index < -0.39 is 12.1 Å². The summed E-state index contributed by atoms with van der Waals surface area (Å²) in [5.74, 6) is 0.595. The number of amides is 2. The highest BCUT2D eigenvalue weighted by molar-refractivity contribution is 9.10. The van der Waals surface area contributed by atoms with Gasteiger partial charge in [-0.05, 0) is 41.1 Å². The van der Waals surface area contributed by atoms with Crippen LogP contribution in [0.3, 0.4) is 0 Å². The Labute approximate surface area is 177 Å². The van der Waals surface area contributed by atoms with Crippen molar-refractivity contribution in [2.75, 3.05) is 23.6 Å². The van der Waals surface area contributed by atoms with E-state index >= 15 is 0 Å². The van der Waals surface area contributed by atoms with Gasteiger partial charge in [0.2, 0.25) is 5.91 Å². The molecule has 2 aromatic carbocycles. The monoisotopic (exact) mass is 465 g/mol. The molecule has 0 spiro atoms. The van der Waals surface area contributed by atoms with Gasteiger partial charge in [0.05, 0.1) is 12.5 Å². The highest BCUT2D eigenvalue weighted by Gasteiger charge is 2.24. The lowest BCUT2D eigenvalue weighted by molar-refractivity contribution is -0.118. The molecule has 0 heterocycles. The van der Waals surface area contributed by atoms with Gasteiger partial charge in [-0.2, -0.15) is 0 Å². The van der Waals surface area contributed by atoms with E-state index in [2.05, 4.69) is 39.1 Å². The van der Waals surface area contributed by atoms with Gasteiger partial charge in [-0.15, -0.1) is 0 Å². The molecular formula is C21H26BrN2O3S+. The van der Waals surface area contributed by atoms with Gasteiger partial charge in [0.1, 0.15) is 18.4 Å². The first-order valence-electron chi connectivity index (χ1n) is 8.94. The minimum atomic E-state index is -0.656. The lowest BCUT2D eigenvalue weighted by Crippen LogP contribution is -2.45. The molecule has 0 aliphatic heterocycles. The smallest absolute Gasteiger partial charge is 0.408 e. The molecule has 2 amide bonds. The maximum Gasteiger partial charge on any atom is 0.408 e. The number of alkyl carbamates (subject to hydrolysis) is 1. The molecular weight excluding hydrogens is 440 g/mol. The van der Waals surface area contributed by atoms with Crippen molar-refractivity contribution in [1.82, 2.24) is 5.32 Å². The van der Waals surface area contributed by atoms with Crippen molar-refractivity contribution in [2.24, 2.45) is 0 Å². The molecule has 2 aromatic rings. The first-order chi connectivity index (χ1) is 13.4. The second kappa shape index (κ2) is 11.1. The van der Waals surface area contributed by atoms with Gasteiger partial charge < -0.3 is 15.4 Å². The predicted octanol–water partition coefficient (Wildman–Crippen LogP) is 4.26. The van der Waals surface area contributed by atoms with Crippen LogP contribution < -0.4 is 10.6 Å². The molecule has 5 nitrogen and oxygen atoms in total. The predicted molar refractivity (Wildman–Crippen MR) is 120 cm³/mol. The third-order valence-corrected chi connectivity index (χ3v) is 6.07. The molecule has 0 fully saturated rings. The maximum atomic E-state index is 12.8. The quantitative estimate of drug-likeness (QED) is 0.572. The van der Waals surface area contributed by atoms with Crippen LogP contribution in [0.5, 0.6) is 0 Å². The Kier molecular flexibility index (Phi) is 8.86. The fourth-order valence-corrected chi connectivity index (χ4v) is 3.57. The molecule has 0 radical (unpaired) electrons. The lowest BCUT2D eigenvalue weighted by atomic mass is 10.1. The molecule has 2 rings (SSSR count). The zero-order valence-electron chi connectivity index (χ0n) is 16.3. The van der Waals surface area contributed by atoms with Crippen LogP contribution in [0.25, 0.3) is 0 Å². The maximum absolute atomic E-state index is 12.8. The number of hydrogen-bond acceptors (Lipinski definition) is 3. The van der Waals surface area contributed by atoms with Crippen LogP contribution in [-0.2, 0) is 27.0 Å². The van der Waals surface area contributed by atoms with Crippen molar-refractivity contribution in [3.63, 3.8) is 0 Å². The van der Waals surface area contributed by atoms with Crippen LogP contribution in [0.1, 0.15) is 17.5 Å². The molecule has 0 saturated carbocycles. The summed E-state index contributed by atoms with van der Waals surface area (Å²) in [5, 5.41) is 5.63. The summed E-state index contributed by atoms with van der Waals surface area (Å²) in [4.78, 5) is 25.0. The number of nitrogens with one attached hydrogen (secondary N) is 2. The second-order valence-corrected chi connectivity index (χ2v) is 9.87. The number of halogens is 1. The third kappa shape index (κ3) is 7.20. The van der Waals surface area contributed by atoms with Crippen LogP contribution in [0.15, 0.2) is 53.0 Å². The Morgan fingerprint density at radius 2 is 1.82 bits per heavy atom. The van der Waals surface area contributed by atoms with E-state index in [1.165, 1.54) is 0 Å². The topological polar surface area (TPSA) is 67.4 Å². The van der Waals surface area contributed by atoms with Gasteiger partial charge in [0, 0.05) is 16.6 Å². The average Bonchev–Trinajstić information content (AvgIpc) is 2.67. The Morgan fingerprint density at radius 3 is 2.50 bits per heavy atom. The normalized spacial score (nSPS) is 11.8. The van der Waals surface area contributed by atoms with Gasteiger partial charge in [0.25, 0.3) is 0 Å². The van der Waals surface area contributed by atoms with Crippen LogP contribution >= 0.6 is 15.9 Å². The zero-order chi connectivity index (χ0) is 20.5. The minimum absolute atomic E-state index is 0.164. The Balaban J connectivity index is 2.00. The van der Waals surface area contributed by atoms with Gasteiger partial charge in [-0.1, -0.05) is 52.3 Å². The summed E-state index contributed by atoms with van der Waals surface area (Å²) < 4.78 is 6.19. The highest BCUT2D eigenvalue weighted by atomic mass is 79.9. The largest absolute Gasteiger partial charge is 0.445 e. The highest BCUT2D eigenvalue weighted by Crippen LogP contribution is 2.23. The standard InChI is InChI=1S/C21H25BrN2O3S/c1-15-17(22)10-7-11-18(15)23-20(25)19(12-13-28(2)3)24-21(26)27-14-16-8-5-4-6-9-16/h4-11,19H,12-14H2,1-3H3,(H-,23,24,25,26)/p+1. The van der Waals surface area contributed by atoms with Gasteiger partial charge in [-0.3, -0.25) is 4.79 Å². The molecule has 0 aliphatic carbocycles. The average molecular weight is 466 g/mol. The summed E-state index contributed by atoms with van der Waals surface area (Å²) in [6.07, 6.45) is 4.18. The summed E-state index contributed by atoms with van der Waals surface area (Å²) in [6.45, 7) is 2.09. The molecule has 0 bridgehead atoms. The van der Waals surface area contributed by atoms with Crippen LogP contribution in [0, 0.1) is 6.92 Å². The molecule has 1 atom stereocenters. The lowest BCUT2D eigenvalue weighted by Gasteiger charge is -2.19. The first kappa shape index (κ1) is 22.3. The number of hydrogen-bond donors (Lipinski definition) is 2. The molecule has 2 N–H and O–H groups in total. The summed E-state index contributed by atoms with van der Waals surface area (Å²) in [5.41, 5.74) is 2.55. The Morgan fingerprint density at radius 1 is 1.11 bits per heavy atom. The van der Waals surface area contributed by atoms with Crippen molar-refractivity contribution in [3.8, 4) is 0 Å². The first-order valence-corrected chi connectivity index (χ1v) is 11.9. The van der Waals surface area contributed by atoms with Crippen LogP contribution in [-0.4, -0.2) is 36.3 Å². The third-order valence-electron chi connectivity index (χ3n) is 4.16. The molecule has 0 aliphatic rings. The zero-order valence-corrected chi connectivity index (χ0v) is 18.7. The van der Waals surface area contributed by atoms with E-state index in [0.717, 1.165) is 27.0 Å². The molecule has 28 heavy (non-hydrogen) atoms. The van der Waals surface area contributed by atoms with Gasteiger partial charge in [-0.25, -0.2) is 4.79 Å². The van der Waals surface area contributed by atoms with Crippen LogP contribution in [0.4, 0.5) is 10.5 Å². The SMILES string of the molecule is Cc1c(Br)cccc1NC(=O)C(CC[S+](C)C)NC(=O)OCc1ccccc1. The number of benzene rings is 2. The van der Waals surface area contributed by atoms with E-state index in [0.29, 0.717) is 6.42 Å². The summed E-state index contributed by atoms with van der Waals surface area (Å²) in [6, 6.07) is 14.4. The molecule has 1 unspecified atom stereocenters. The fourth-order valence-electron chi connectivity index (χ4n) is 2.49. The van der Waals surface area contributed by atoms with E-state index in [1.54, 1.807) is 0 Å². The molecule has 150 valence electrons. The van der Waals surface area contributed by atoms with Crippen molar-refractivity contribution >= 4 is 44.5 Å². The summed E-state index contributed by atoms with van der Waals surface area (Å²) in [7, 11) is 0.165. The van der Waals surface area contributed by atoms with Crippen molar-refractivity contribution in [2.45, 2.75) is 26.0 Å². The molecule has 0 aromatic heterocycles. The molecule has 7 heteroatoms. The van der Waals surface area contributed by atoms with Crippen LogP contribution in [0.2, 0.25) is 0 Å². The summed E-state index contributed by atoms with van der Waals surface area (Å²) >= 11 is 3.47. The Bertz CT molecular complexity index is 799. The van der Waals surface area contributed by atoms with E-state index in [1.807, 2.05) is 55.5 Å². The number of ether oxygens (including phenoxy) is 1. The second-order valence-electron chi connectivity index (χ2n) is 6.64. The minimum Gasteiger partial charge on any atom is -0.445 e. The number of carbonyl (C=O) groups excluding carboxylic acids is 2. The van der Waals surface area contributed by atoms with E-state index in [4.69, 9.17) is 4.74 Å². The van der Waals surface area contributed by atoms with Crippen molar-refractivity contribution in [1.29, 1.82) is 0 Å². The Hall–Kier alpha value is -1.99. The number of carbonyl (C=O) groups is 2. The van der Waals surface area contributed by atoms with Gasteiger partial charge in [0.15, 0.2) is 0 Å². The van der Waals surface area contributed by atoms with Crippen molar-refractivity contribution < 1.29 is 14.3 Å². The van der Waals surface area contributed by atoms with E-state index in [9.17, 15) is 9.59 Å².